The van der Waals surface area contributed by atoms with Crippen LogP contribution in [0.3, 0.4) is 0 Å². The molecule has 0 aromatic heterocycles. The van der Waals surface area contributed by atoms with Crippen LogP contribution in [0.5, 0.6) is 0 Å². The van der Waals surface area contributed by atoms with E-state index in [1.807, 2.05) is 0 Å². The molecule has 0 bridgehead atoms. The van der Waals surface area contributed by atoms with Crippen molar-refractivity contribution in [2.24, 2.45) is 11.7 Å². The van der Waals surface area contributed by atoms with Gasteiger partial charge < -0.3 is 10.6 Å². The van der Waals surface area contributed by atoms with Gasteiger partial charge in [-0.25, -0.2) is 0 Å². The van der Waals surface area contributed by atoms with Gasteiger partial charge in [0.2, 0.25) is 5.91 Å². The smallest absolute Gasteiger partial charge is 0.223 e. The molecule has 0 radical (unpaired) electrons. The third-order valence-electron chi connectivity index (χ3n) is 4.91. The van der Waals surface area contributed by atoms with E-state index >= 15 is 0 Å². The van der Waals surface area contributed by atoms with Crippen LogP contribution in [0.25, 0.3) is 0 Å². The molecule has 0 unspecified atom stereocenters. The molecule has 2 aliphatic rings. The lowest BCUT2D eigenvalue weighted by Crippen LogP contribution is -2.45. The summed E-state index contributed by atoms with van der Waals surface area (Å²) in [5.74, 6) is 1.08. The Balaban J connectivity index is 1.88. The standard InChI is InChI=1S/C16H30N2O/c1-2-11-18(15-9-7-14(17)8-10-15)16(19)12-13-5-3-4-6-13/h13-15H,2-12,17H2,1H3. The zero-order chi connectivity index (χ0) is 13.7. The Morgan fingerprint density at radius 2 is 1.74 bits per heavy atom. The summed E-state index contributed by atoms with van der Waals surface area (Å²) in [5, 5.41) is 0. The lowest BCUT2D eigenvalue weighted by atomic mass is 9.90. The van der Waals surface area contributed by atoms with Crippen LogP contribution >= 0.6 is 0 Å². The second kappa shape index (κ2) is 7.28. The van der Waals surface area contributed by atoms with Crippen molar-refractivity contribution in [3.8, 4) is 0 Å². The molecule has 2 aliphatic carbocycles. The number of hydrogen-bond acceptors (Lipinski definition) is 2. The summed E-state index contributed by atoms with van der Waals surface area (Å²) in [5.41, 5.74) is 5.98. The van der Waals surface area contributed by atoms with Crippen molar-refractivity contribution < 1.29 is 4.79 Å². The molecule has 19 heavy (non-hydrogen) atoms. The molecule has 0 saturated heterocycles. The van der Waals surface area contributed by atoms with Crippen LogP contribution in [0, 0.1) is 5.92 Å². The van der Waals surface area contributed by atoms with Crippen LogP contribution in [0.4, 0.5) is 0 Å². The van der Waals surface area contributed by atoms with Crippen molar-refractivity contribution in [3.05, 3.63) is 0 Å². The summed E-state index contributed by atoms with van der Waals surface area (Å²) in [6, 6.07) is 0.832. The number of carbonyl (C=O) groups excluding carboxylic acids is 1. The molecule has 3 heteroatoms. The molecule has 3 nitrogen and oxygen atoms in total. The molecule has 0 aromatic carbocycles. The molecule has 110 valence electrons. The molecular weight excluding hydrogens is 236 g/mol. The van der Waals surface area contributed by atoms with Gasteiger partial charge in [-0.15, -0.1) is 0 Å². The normalized spacial score (nSPS) is 28.5. The summed E-state index contributed by atoms with van der Waals surface area (Å²) >= 11 is 0. The first kappa shape index (κ1) is 14.8. The minimum Gasteiger partial charge on any atom is -0.340 e. The van der Waals surface area contributed by atoms with Crippen molar-refractivity contribution in [1.82, 2.24) is 4.90 Å². The Labute approximate surface area is 117 Å². The highest BCUT2D eigenvalue weighted by molar-refractivity contribution is 5.76. The predicted molar refractivity (Wildman–Crippen MR) is 78.8 cm³/mol. The number of carbonyl (C=O) groups is 1. The molecule has 0 heterocycles. The fourth-order valence-electron chi connectivity index (χ4n) is 3.74. The molecule has 2 N–H and O–H groups in total. The van der Waals surface area contributed by atoms with E-state index in [-0.39, 0.29) is 0 Å². The fraction of sp³-hybridized carbons (Fsp3) is 0.938. The first-order chi connectivity index (χ1) is 9.20. The average molecular weight is 266 g/mol. The molecule has 0 spiro atoms. The Morgan fingerprint density at radius 1 is 1.11 bits per heavy atom. The Morgan fingerprint density at radius 3 is 2.32 bits per heavy atom. The van der Waals surface area contributed by atoms with Crippen molar-refractivity contribution in [2.75, 3.05) is 6.54 Å². The van der Waals surface area contributed by atoms with E-state index in [0.717, 1.165) is 45.1 Å². The summed E-state index contributed by atoms with van der Waals surface area (Å²) in [6.45, 7) is 3.11. The first-order valence-electron chi connectivity index (χ1n) is 8.25. The van der Waals surface area contributed by atoms with Crippen LogP contribution in [0.2, 0.25) is 0 Å². The average Bonchev–Trinajstić information content (AvgIpc) is 2.90. The molecule has 0 aliphatic heterocycles. The minimum atomic E-state index is 0.365. The molecule has 2 saturated carbocycles. The highest BCUT2D eigenvalue weighted by Crippen LogP contribution is 2.30. The number of nitrogens with two attached hydrogens (primary N) is 1. The first-order valence-corrected chi connectivity index (χ1v) is 8.25. The predicted octanol–water partition coefficient (Wildman–Crippen LogP) is 3.08. The van der Waals surface area contributed by atoms with Crippen LogP contribution in [-0.2, 0) is 4.79 Å². The Bertz CT molecular complexity index is 278. The Kier molecular flexibility index (Phi) is 5.68. The van der Waals surface area contributed by atoms with E-state index in [9.17, 15) is 4.79 Å². The fourth-order valence-corrected chi connectivity index (χ4v) is 3.74. The zero-order valence-corrected chi connectivity index (χ0v) is 12.4. The van der Waals surface area contributed by atoms with Gasteiger partial charge in [-0.2, -0.15) is 0 Å². The van der Waals surface area contributed by atoms with Gasteiger partial charge in [0.1, 0.15) is 0 Å². The molecular formula is C16H30N2O. The maximum absolute atomic E-state index is 12.6. The highest BCUT2D eigenvalue weighted by Gasteiger charge is 2.29. The van der Waals surface area contributed by atoms with Gasteiger partial charge in [-0.05, 0) is 50.9 Å². The third-order valence-corrected chi connectivity index (χ3v) is 4.91. The highest BCUT2D eigenvalue weighted by atomic mass is 16.2. The van der Waals surface area contributed by atoms with E-state index in [0.29, 0.717) is 23.9 Å². The van der Waals surface area contributed by atoms with Gasteiger partial charge in [0.15, 0.2) is 0 Å². The molecule has 1 amide bonds. The van der Waals surface area contributed by atoms with Gasteiger partial charge in [0, 0.05) is 25.0 Å². The quantitative estimate of drug-likeness (QED) is 0.831. The Hall–Kier alpha value is -0.570. The van der Waals surface area contributed by atoms with Gasteiger partial charge in [0.25, 0.3) is 0 Å². The van der Waals surface area contributed by atoms with Crippen molar-refractivity contribution in [3.63, 3.8) is 0 Å². The second-order valence-electron chi connectivity index (χ2n) is 6.51. The van der Waals surface area contributed by atoms with E-state index in [2.05, 4.69) is 11.8 Å². The van der Waals surface area contributed by atoms with Crippen LogP contribution in [0.1, 0.15) is 71.1 Å². The summed E-state index contributed by atoms with van der Waals surface area (Å²) in [6.07, 6.45) is 11.4. The number of hydrogen-bond donors (Lipinski definition) is 1. The van der Waals surface area contributed by atoms with Crippen molar-refractivity contribution >= 4 is 5.91 Å². The largest absolute Gasteiger partial charge is 0.340 e. The summed E-state index contributed by atoms with van der Waals surface area (Å²) < 4.78 is 0. The van der Waals surface area contributed by atoms with Gasteiger partial charge in [-0.3, -0.25) is 4.79 Å². The maximum Gasteiger partial charge on any atom is 0.223 e. The molecule has 0 aromatic rings. The maximum atomic E-state index is 12.6. The number of nitrogens with zero attached hydrogens (tertiary/aromatic N) is 1. The van der Waals surface area contributed by atoms with Gasteiger partial charge in [0.05, 0.1) is 0 Å². The zero-order valence-electron chi connectivity index (χ0n) is 12.4. The van der Waals surface area contributed by atoms with E-state index in [1.54, 1.807) is 0 Å². The van der Waals surface area contributed by atoms with Gasteiger partial charge in [-0.1, -0.05) is 19.8 Å². The second-order valence-corrected chi connectivity index (χ2v) is 6.51. The topological polar surface area (TPSA) is 46.3 Å². The van der Waals surface area contributed by atoms with Crippen LogP contribution in [-0.4, -0.2) is 29.4 Å². The molecule has 2 rings (SSSR count). The van der Waals surface area contributed by atoms with Gasteiger partial charge >= 0.3 is 0 Å². The number of amides is 1. The minimum absolute atomic E-state index is 0.365. The van der Waals surface area contributed by atoms with Crippen molar-refractivity contribution in [1.29, 1.82) is 0 Å². The van der Waals surface area contributed by atoms with E-state index < -0.39 is 0 Å². The van der Waals surface area contributed by atoms with Crippen molar-refractivity contribution in [2.45, 2.75) is 83.2 Å². The SMILES string of the molecule is CCCN(C(=O)CC1CCCC1)C1CCC(N)CC1. The summed E-state index contributed by atoms with van der Waals surface area (Å²) in [7, 11) is 0. The molecule has 0 atom stereocenters. The van der Waals surface area contributed by atoms with E-state index in [4.69, 9.17) is 5.73 Å². The summed E-state index contributed by atoms with van der Waals surface area (Å²) in [4.78, 5) is 14.7. The lowest BCUT2D eigenvalue weighted by molar-refractivity contribution is -0.135. The lowest BCUT2D eigenvalue weighted by Gasteiger charge is -2.36. The third kappa shape index (κ3) is 4.20. The van der Waals surface area contributed by atoms with Crippen LogP contribution in [0.15, 0.2) is 0 Å². The monoisotopic (exact) mass is 266 g/mol. The van der Waals surface area contributed by atoms with Crippen LogP contribution < -0.4 is 5.73 Å². The number of rotatable bonds is 5. The molecule has 2 fully saturated rings. The van der Waals surface area contributed by atoms with E-state index in [1.165, 1.54) is 25.7 Å².